The predicted octanol–water partition coefficient (Wildman–Crippen LogP) is 4.53. The normalized spacial score (nSPS) is 9.94. The summed E-state index contributed by atoms with van der Waals surface area (Å²) in [5, 5.41) is 2.96. The van der Waals surface area contributed by atoms with Gasteiger partial charge in [-0.2, -0.15) is 0 Å². The summed E-state index contributed by atoms with van der Waals surface area (Å²) in [6, 6.07) is 4.64. The van der Waals surface area contributed by atoms with E-state index in [4.69, 9.17) is 0 Å². The van der Waals surface area contributed by atoms with Crippen molar-refractivity contribution in [2.75, 3.05) is 11.9 Å². The van der Waals surface area contributed by atoms with Crippen LogP contribution in [0.25, 0.3) is 0 Å². The maximum atomic E-state index is 13.2. The van der Waals surface area contributed by atoms with Gasteiger partial charge in [-0.25, -0.2) is 8.78 Å². The molecule has 0 unspecified atom stereocenters. The molecule has 0 saturated carbocycles. The summed E-state index contributed by atoms with van der Waals surface area (Å²) in [7, 11) is 0. The third-order valence-corrected chi connectivity index (χ3v) is 2.71. The first-order valence-electron chi connectivity index (χ1n) is 6.35. The SMILES string of the molecule is CCCCCCCCNc1ccc(F)[c]c1F.[Ti]. The minimum atomic E-state index is -0.660. The zero-order chi connectivity index (χ0) is 12.5. The standard InChI is InChI=1S/C14H20F2N.Ti/c1-2-3-4-5-6-7-10-17-14-9-8-12(15)11-13(14)16;/h8-9,17H,2-7,10H2,1H3;. The number of hydrogen-bond donors (Lipinski definition) is 1. The Morgan fingerprint density at radius 1 is 1.06 bits per heavy atom. The van der Waals surface area contributed by atoms with Crippen molar-refractivity contribution < 1.29 is 30.5 Å². The first kappa shape index (κ1) is 17.6. The van der Waals surface area contributed by atoms with Crippen LogP contribution >= 0.6 is 0 Å². The van der Waals surface area contributed by atoms with Gasteiger partial charge in [0.2, 0.25) is 0 Å². The number of hydrogen-bond acceptors (Lipinski definition) is 1. The van der Waals surface area contributed by atoms with Crippen molar-refractivity contribution in [1.82, 2.24) is 0 Å². The van der Waals surface area contributed by atoms with Gasteiger partial charge >= 0.3 is 0 Å². The van der Waals surface area contributed by atoms with Crippen molar-refractivity contribution in [2.24, 2.45) is 0 Å². The maximum Gasteiger partial charge on any atom is 0.157 e. The maximum absolute atomic E-state index is 13.2. The van der Waals surface area contributed by atoms with Crippen molar-refractivity contribution in [3.05, 3.63) is 29.8 Å². The molecule has 0 fully saturated rings. The molecule has 0 atom stereocenters. The molecule has 1 aromatic rings. The summed E-state index contributed by atoms with van der Waals surface area (Å²) in [5.41, 5.74) is 0.333. The summed E-state index contributed by atoms with van der Waals surface area (Å²) >= 11 is 0. The Labute approximate surface area is 123 Å². The molecule has 0 aliphatic heterocycles. The topological polar surface area (TPSA) is 12.0 Å². The molecule has 1 rings (SSSR count). The molecule has 1 nitrogen and oxygen atoms in total. The van der Waals surface area contributed by atoms with Crippen LogP contribution in [0.3, 0.4) is 0 Å². The summed E-state index contributed by atoms with van der Waals surface area (Å²) < 4.78 is 25.8. The summed E-state index contributed by atoms with van der Waals surface area (Å²) in [4.78, 5) is 0. The van der Waals surface area contributed by atoms with Crippen molar-refractivity contribution in [1.29, 1.82) is 0 Å². The van der Waals surface area contributed by atoms with E-state index in [1.54, 1.807) is 0 Å². The monoisotopic (exact) mass is 288 g/mol. The van der Waals surface area contributed by atoms with Gasteiger partial charge in [0, 0.05) is 28.3 Å². The molecule has 0 heterocycles. The van der Waals surface area contributed by atoms with E-state index in [0.717, 1.165) is 19.4 Å². The second-order valence-electron chi connectivity index (χ2n) is 4.23. The molecule has 1 N–H and O–H groups in total. The number of unbranched alkanes of at least 4 members (excludes halogenated alkanes) is 5. The minimum absolute atomic E-state index is 0. The van der Waals surface area contributed by atoms with Crippen LogP contribution in [0, 0.1) is 17.7 Å². The van der Waals surface area contributed by atoms with Gasteiger partial charge < -0.3 is 5.32 Å². The van der Waals surface area contributed by atoms with E-state index in [1.807, 2.05) is 6.07 Å². The van der Waals surface area contributed by atoms with Crippen LogP contribution in [-0.2, 0) is 21.7 Å². The molecular formula is C14H20F2NTi. The van der Waals surface area contributed by atoms with Crippen LogP contribution < -0.4 is 5.32 Å². The molecule has 1 radical (unpaired) electrons. The fraction of sp³-hybridized carbons (Fsp3) is 0.571. The zero-order valence-electron chi connectivity index (χ0n) is 10.9. The molecule has 18 heavy (non-hydrogen) atoms. The average Bonchev–Trinajstić information content (AvgIpc) is 2.30. The molecule has 99 valence electrons. The Kier molecular flexibility index (Phi) is 10.3. The van der Waals surface area contributed by atoms with Crippen molar-refractivity contribution in [2.45, 2.75) is 45.4 Å². The van der Waals surface area contributed by atoms with E-state index < -0.39 is 11.6 Å². The first-order chi connectivity index (χ1) is 8.24. The number of rotatable bonds is 8. The number of halogens is 2. The molecule has 1 aromatic carbocycles. The summed E-state index contributed by atoms with van der Waals surface area (Å²) in [6.07, 6.45) is 7.20. The third-order valence-electron chi connectivity index (χ3n) is 2.71. The van der Waals surface area contributed by atoms with E-state index in [2.05, 4.69) is 12.2 Å². The van der Waals surface area contributed by atoms with Crippen LogP contribution in [0.2, 0.25) is 0 Å². The van der Waals surface area contributed by atoms with E-state index in [9.17, 15) is 8.78 Å². The molecule has 0 aliphatic carbocycles. The van der Waals surface area contributed by atoms with Crippen molar-refractivity contribution in [3.8, 4) is 0 Å². The molecule has 0 saturated heterocycles. The van der Waals surface area contributed by atoms with Gasteiger partial charge in [-0.05, 0) is 18.6 Å². The number of nitrogens with one attached hydrogen (secondary N) is 1. The van der Waals surface area contributed by atoms with E-state index in [1.165, 1.54) is 37.8 Å². The van der Waals surface area contributed by atoms with Gasteiger partial charge in [-0.3, -0.25) is 0 Å². The fourth-order valence-corrected chi connectivity index (χ4v) is 1.71. The van der Waals surface area contributed by atoms with Gasteiger partial charge in [-0.15, -0.1) is 0 Å². The van der Waals surface area contributed by atoms with Gasteiger partial charge in [-0.1, -0.05) is 39.0 Å². The van der Waals surface area contributed by atoms with E-state index >= 15 is 0 Å². The Balaban J connectivity index is 0.00000289. The van der Waals surface area contributed by atoms with Crippen LogP contribution in [0.4, 0.5) is 14.5 Å². The van der Waals surface area contributed by atoms with Gasteiger partial charge in [0.25, 0.3) is 0 Å². The first-order valence-corrected chi connectivity index (χ1v) is 6.35. The molecule has 0 spiro atoms. The second kappa shape index (κ2) is 10.5. The Morgan fingerprint density at radius 2 is 1.72 bits per heavy atom. The number of benzene rings is 1. The smallest absolute Gasteiger partial charge is 0.157 e. The zero-order valence-corrected chi connectivity index (χ0v) is 12.4. The fourth-order valence-electron chi connectivity index (χ4n) is 1.71. The molecule has 4 heteroatoms. The van der Waals surface area contributed by atoms with Crippen LogP contribution in [0.1, 0.15) is 45.4 Å². The summed E-state index contributed by atoms with van der Waals surface area (Å²) in [6.45, 7) is 2.91. The third kappa shape index (κ3) is 7.12. The van der Waals surface area contributed by atoms with Crippen molar-refractivity contribution >= 4 is 5.69 Å². The van der Waals surface area contributed by atoms with Gasteiger partial charge in [0.05, 0.1) is 11.8 Å². The summed E-state index contributed by atoms with van der Waals surface area (Å²) in [5.74, 6) is -1.30. The Morgan fingerprint density at radius 3 is 2.39 bits per heavy atom. The minimum Gasteiger partial charge on any atom is -0.383 e. The average molecular weight is 288 g/mol. The molecular weight excluding hydrogens is 268 g/mol. The largest absolute Gasteiger partial charge is 0.383 e. The van der Waals surface area contributed by atoms with Crippen LogP contribution in [0.5, 0.6) is 0 Å². The van der Waals surface area contributed by atoms with E-state index in [-0.39, 0.29) is 21.7 Å². The van der Waals surface area contributed by atoms with Gasteiger partial charge in [0.15, 0.2) is 5.82 Å². The quantitative estimate of drug-likeness (QED) is 0.547. The van der Waals surface area contributed by atoms with E-state index in [0.29, 0.717) is 5.69 Å². The second-order valence-corrected chi connectivity index (χ2v) is 4.23. The van der Waals surface area contributed by atoms with Gasteiger partial charge in [0.1, 0.15) is 5.82 Å². The Bertz CT molecular complexity index is 332. The van der Waals surface area contributed by atoms with Crippen LogP contribution in [-0.4, -0.2) is 6.54 Å². The number of anilines is 1. The predicted molar refractivity (Wildman–Crippen MR) is 67.1 cm³/mol. The molecule has 0 aliphatic rings. The van der Waals surface area contributed by atoms with Crippen molar-refractivity contribution in [3.63, 3.8) is 0 Å². The molecule has 0 aromatic heterocycles. The van der Waals surface area contributed by atoms with Crippen LogP contribution in [0.15, 0.2) is 12.1 Å². The molecule has 0 amide bonds. The Hall–Kier alpha value is -0.406. The molecule has 0 bridgehead atoms.